The van der Waals surface area contributed by atoms with Crippen LogP contribution in [-0.2, 0) is 0 Å². The Kier molecular flexibility index (Phi) is 9.02. The van der Waals surface area contributed by atoms with Crippen LogP contribution in [-0.4, -0.2) is 0 Å². The highest BCUT2D eigenvalue weighted by Crippen LogP contribution is 2.54. The first-order valence-electron chi connectivity index (χ1n) is 20.8. The van der Waals surface area contributed by atoms with Gasteiger partial charge in [0.15, 0.2) is 11.5 Å². The van der Waals surface area contributed by atoms with Gasteiger partial charge < -0.3 is 30.9 Å². The molecule has 0 aromatic heterocycles. The lowest BCUT2D eigenvalue weighted by molar-refractivity contribution is 0.477. The van der Waals surface area contributed by atoms with E-state index in [1.165, 1.54) is 0 Å². The molecule has 1 heterocycles. The topological polar surface area (TPSA) is 71.0 Å². The van der Waals surface area contributed by atoms with Crippen molar-refractivity contribution in [2.45, 2.75) is 0 Å². The second kappa shape index (κ2) is 15.3. The summed E-state index contributed by atoms with van der Waals surface area (Å²) in [5, 5.41) is 3.92. The van der Waals surface area contributed by atoms with Crippen LogP contribution in [0.1, 0.15) is 0 Å². The van der Waals surface area contributed by atoms with E-state index in [-0.39, 0.29) is 0 Å². The monoisotopic (exact) mass is 799 g/mol. The maximum Gasteiger partial charge on any atom is 0.153 e. The molecule has 0 saturated heterocycles. The van der Waals surface area contributed by atoms with E-state index in [0.29, 0.717) is 22.9 Å². The summed E-state index contributed by atoms with van der Waals surface area (Å²) in [7, 11) is 0. The van der Waals surface area contributed by atoms with Gasteiger partial charge in [0.1, 0.15) is 0 Å². The molecule has 0 saturated carbocycles. The highest BCUT2D eigenvalue weighted by atomic mass is 16.5. The molecule has 0 spiro atoms. The third kappa shape index (κ3) is 6.38. The maximum absolute atomic E-state index is 7.06. The van der Waals surface area contributed by atoms with Crippen molar-refractivity contribution in [3.63, 3.8) is 0 Å². The van der Waals surface area contributed by atoms with Crippen molar-refractivity contribution in [2.75, 3.05) is 26.2 Å². The highest BCUT2D eigenvalue weighted by molar-refractivity contribution is 6.20. The van der Waals surface area contributed by atoms with E-state index in [9.17, 15) is 0 Å². The second-order valence-corrected chi connectivity index (χ2v) is 15.4. The van der Waals surface area contributed by atoms with E-state index in [1.807, 2.05) is 30.3 Å². The van der Waals surface area contributed by atoms with Gasteiger partial charge in [-0.05, 0) is 113 Å². The molecule has 0 fully saturated rings. The third-order valence-corrected chi connectivity index (χ3v) is 11.7. The summed E-state index contributed by atoms with van der Waals surface area (Å²) in [4.78, 5) is 6.77. The molecule has 296 valence electrons. The van der Waals surface area contributed by atoms with Crippen molar-refractivity contribution in [1.29, 1.82) is 0 Å². The molecule has 10 aromatic rings. The van der Waals surface area contributed by atoms with E-state index >= 15 is 0 Å². The van der Waals surface area contributed by atoms with E-state index in [1.54, 1.807) is 0 Å². The molecule has 4 N–H and O–H groups in total. The Morgan fingerprint density at radius 3 is 1.24 bits per heavy atom. The van der Waals surface area contributed by atoms with Crippen LogP contribution in [0.25, 0.3) is 32.7 Å². The van der Waals surface area contributed by atoms with Crippen LogP contribution in [0, 0.1) is 0 Å². The Morgan fingerprint density at radius 2 is 0.758 bits per heavy atom. The molecule has 11 rings (SSSR count). The minimum absolute atomic E-state index is 0.559. The Morgan fingerprint density at radius 1 is 0.323 bits per heavy atom. The molecule has 0 unspecified atom stereocenters. The van der Waals surface area contributed by atoms with Crippen molar-refractivity contribution in [1.82, 2.24) is 0 Å². The number of anilines is 11. The minimum Gasteiger partial charge on any atom is -0.453 e. The van der Waals surface area contributed by atoms with Gasteiger partial charge in [-0.2, -0.15) is 0 Å². The van der Waals surface area contributed by atoms with Gasteiger partial charge >= 0.3 is 0 Å². The van der Waals surface area contributed by atoms with E-state index in [4.69, 9.17) is 16.2 Å². The van der Waals surface area contributed by atoms with Crippen LogP contribution in [0.3, 0.4) is 0 Å². The number of nitrogens with two attached hydrogens (primary N) is 2. The number of hydrogen-bond acceptors (Lipinski definition) is 6. The lowest BCUT2D eigenvalue weighted by atomic mass is 9.94. The first-order chi connectivity index (χ1) is 30.6. The fourth-order valence-corrected chi connectivity index (χ4v) is 8.78. The van der Waals surface area contributed by atoms with Crippen molar-refractivity contribution in [3.8, 4) is 22.6 Å². The standard InChI is InChI=1S/C56H41N5O/c57-55-48-30-26-39(38-16-6-1-7-17-38)34-49(48)47-31-27-44(35-50(47)56(55)58)61-51-32-28-45(59(40-18-8-2-9-19-40)41-20-10-3-11-21-41)36-53(51)62-54-37-46(29-33-52(54)61)60(42-22-12-4-13-23-42)43-24-14-5-15-25-43/h1-37H,57-58H2. The van der Waals surface area contributed by atoms with Crippen molar-refractivity contribution < 1.29 is 4.74 Å². The molecule has 1 aliphatic rings. The van der Waals surface area contributed by atoms with Crippen LogP contribution >= 0.6 is 0 Å². The Bertz CT molecular complexity index is 3020. The Labute approximate surface area is 360 Å². The molecular weight excluding hydrogens is 759 g/mol. The summed E-state index contributed by atoms with van der Waals surface area (Å²) in [5.41, 5.74) is 26.1. The van der Waals surface area contributed by atoms with E-state index < -0.39 is 0 Å². The van der Waals surface area contributed by atoms with Crippen molar-refractivity contribution in [3.05, 3.63) is 224 Å². The molecule has 0 aliphatic carbocycles. The van der Waals surface area contributed by atoms with Gasteiger partial charge in [0, 0.05) is 62.7 Å². The normalized spacial score (nSPS) is 11.8. The van der Waals surface area contributed by atoms with Gasteiger partial charge in [0.05, 0.1) is 22.7 Å². The number of hydrogen-bond donors (Lipinski definition) is 2. The zero-order valence-corrected chi connectivity index (χ0v) is 33.8. The number of rotatable bonds is 8. The van der Waals surface area contributed by atoms with Crippen molar-refractivity contribution in [2.24, 2.45) is 0 Å². The molecule has 0 amide bonds. The van der Waals surface area contributed by atoms with Crippen LogP contribution in [0.4, 0.5) is 62.6 Å². The lowest BCUT2D eigenvalue weighted by Gasteiger charge is -2.35. The molecule has 6 heteroatoms. The first-order valence-corrected chi connectivity index (χ1v) is 20.8. The molecule has 0 radical (unpaired) electrons. The average molecular weight is 800 g/mol. The van der Waals surface area contributed by atoms with Crippen LogP contribution < -0.4 is 30.9 Å². The summed E-state index contributed by atoms with van der Waals surface area (Å²) < 4.78 is 7.06. The quantitative estimate of drug-likeness (QED) is 0.0906. The van der Waals surface area contributed by atoms with Gasteiger partial charge in [-0.15, -0.1) is 0 Å². The third-order valence-electron chi connectivity index (χ3n) is 11.7. The van der Waals surface area contributed by atoms with Gasteiger partial charge in [0.2, 0.25) is 0 Å². The Balaban J connectivity index is 1.10. The maximum atomic E-state index is 7.06. The van der Waals surface area contributed by atoms with Crippen LogP contribution in [0.15, 0.2) is 224 Å². The SMILES string of the molecule is Nc1c(N)c2ccc(-c3ccccc3)cc2c2ccc(N3c4ccc(N(c5ccccc5)c5ccccc5)cc4Oc4cc(N(c5ccccc5)c5ccccc5)ccc43)cc12. The average Bonchev–Trinajstić information content (AvgIpc) is 3.34. The number of para-hydroxylation sites is 4. The van der Waals surface area contributed by atoms with Gasteiger partial charge in [-0.25, -0.2) is 0 Å². The molecule has 0 bridgehead atoms. The molecule has 10 aromatic carbocycles. The summed E-state index contributed by atoms with van der Waals surface area (Å²) in [5.74, 6) is 1.43. The predicted octanol–water partition coefficient (Wildman–Crippen LogP) is 15.3. The Hall–Kier alpha value is -8.48. The fraction of sp³-hybridized carbons (Fsp3) is 0. The zero-order valence-electron chi connectivity index (χ0n) is 33.8. The number of ether oxygens (including phenoxy) is 1. The molecule has 1 aliphatic heterocycles. The van der Waals surface area contributed by atoms with E-state index in [2.05, 4.69) is 209 Å². The fourth-order valence-electron chi connectivity index (χ4n) is 8.78. The van der Waals surface area contributed by atoms with E-state index in [0.717, 1.165) is 83.9 Å². The van der Waals surface area contributed by atoms with Gasteiger partial charge in [0.25, 0.3) is 0 Å². The van der Waals surface area contributed by atoms with Crippen LogP contribution in [0.5, 0.6) is 11.5 Å². The smallest absolute Gasteiger partial charge is 0.153 e. The minimum atomic E-state index is 0.559. The largest absolute Gasteiger partial charge is 0.453 e. The first kappa shape index (κ1) is 36.6. The molecule has 6 nitrogen and oxygen atoms in total. The molecule has 0 atom stereocenters. The summed E-state index contributed by atoms with van der Waals surface area (Å²) in [6.45, 7) is 0. The summed E-state index contributed by atoms with van der Waals surface area (Å²) in [6.07, 6.45) is 0. The number of benzene rings is 10. The van der Waals surface area contributed by atoms with Gasteiger partial charge in [-0.3, -0.25) is 0 Å². The summed E-state index contributed by atoms with van der Waals surface area (Å²) in [6, 6.07) is 77.9. The molecular formula is C56H41N5O. The van der Waals surface area contributed by atoms with Gasteiger partial charge in [-0.1, -0.05) is 121 Å². The summed E-state index contributed by atoms with van der Waals surface area (Å²) >= 11 is 0. The van der Waals surface area contributed by atoms with Crippen LogP contribution in [0.2, 0.25) is 0 Å². The lowest BCUT2D eigenvalue weighted by Crippen LogP contribution is -2.18. The molecule has 62 heavy (non-hydrogen) atoms. The number of nitrogen functional groups attached to an aromatic ring is 2. The zero-order chi connectivity index (χ0) is 41.6. The predicted molar refractivity (Wildman–Crippen MR) is 260 cm³/mol. The highest BCUT2D eigenvalue weighted by Gasteiger charge is 2.29. The van der Waals surface area contributed by atoms with Crippen molar-refractivity contribution >= 4 is 84.1 Å². The number of nitrogens with zero attached hydrogens (tertiary/aromatic N) is 3. The number of fused-ring (bicyclic) bond motifs is 5. The second-order valence-electron chi connectivity index (χ2n) is 15.4.